The van der Waals surface area contributed by atoms with Crippen LogP contribution < -0.4 is 0 Å². The van der Waals surface area contributed by atoms with Crippen LogP contribution >= 0.6 is 0 Å². The van der Waals surface area contributed by atoms with E-state index in [4.69, 9.17) is 17.1 Å². The summed E-state index contributed by atoms with van der Waals surface area (Å²) in [7, 11) is -2.77. The maximum atomic E-state index is 8.16. The average molecular weight is 121 g/mol. The van der Waals surface area contributed by atoms with Crippen LogP contribution in [-0.2, 0) is 0 Å². The van der Waals surface area contributed by atoms with Crippen molar-refractivity contribution in [2.75, 3.05) is 0 Å². The zero-order chi connectivity index (χ0) is 6.62. The smallest absolute Gasteiger partial charge is 0.387 e. The highest BCUT2D eigenvalue weighted by atomic mass is 28.3. The van der Waals surface area contributed by atoms with E-state index in [1.54, 1.807) is 11.4 Å². The summed E-state index contributed by atoms with van der Waals surface area (Å²) in [5, 5.41) is 16.3. The van der Waals surface area contributed by atoms with Crippen LogP contribution in [0.4, 0.5) is 0 Å². The molecular weight excluding hydrogens is 118 g/mol. The van der Waals surface area contributed by atoms with E-state index in [1.165, 1.54) is 6.55 Å². The molecule has 0 aromatic heterocycles. The third kappa shape index (κ3) is 1.08. The molecule has 4 heteroatoms. The van der Waals surface area contributed by atoms with Gasteiger partial charge in [0.15, 0.2) is 0 Å². The van der Waals surface area contributed by atoms with Crippen LogP contribution in [0.3, 0.4) is 0 Å². The second-order valence-electron chi connectivity index (χ2n) is 1.41. The molecule has 0 atom stereocenters. The molecule has 3 nitrogen and oxygen atoms in total. The molecule has 0 saturated carbocycles. The van der Waals surface area contributed by atoms with Gasteiger partial charge in [-0.25, -0.2) is 0 Å². The van der Waals surface area contributed by atoms with Crippen molar-refractivity contribution < 1.29 is 0 Å². The van der Waals surface area contributed by atoms with Gasteiger partial charge in [-0.1, -0.05) is 0 Å². The molecule has 0 aliphatic carbocycles. The molecule has 0 amide bonds. The first-order valence-electron chi connectivity index (χ1n) is 1.89. The van der Waals surface area contributed by atoms with Gasteiger partial charge in [-0.3, -0.25) is 6.57 Å². The molecule has 0 fully saturated rings. The predicted molar refractivity (Wildman–Crippen MR) is 29.4 cm³/mol. The van der Waals surface area contributed by atoms with Crippen molar-refractivity contribution >= 4 is 8.24 Å². The first-order chi connectivity index (χ1) is 3.68. The highest BCUT2D eigenvalue weighted by molar-refractivity contribution is 6.94. The average Bonchev–Trinajstić information content (AvgIpc) is 1.87. The van der Waals surface area contributed by atoms with Crippen LogP contribution in [-0.4, -0.2) is 8.24 Å². The highest BCUT2D eigenvalue weighted by Gasteiger charge is 2.40. The quantitative estimate of drug-likeness (QED) is 0.348. The molecule has 38 valence electrons. The van der Waals surface area contributed by atoms with Gasteiger partial charge in [0.05, 0.1) is 0 Å². The molecule has 0 spiro atoms. The fourth-order valence-electron chi connectivity index (χ4n) is 0.0750. The second kappa shape index (κ2) is 2.11. The normalized spacial score (nSPS) is 8.25. The van der Waals surface area contributed by atoms with Crippen LogP contribution in [0, 0.1) is 28.5 Å². The Kier molecular flexibility index (Phi) is 1.77. The van der Waals surface area contributed by atoms with E-state index in [-0.39, 0.29) is 0 Å². The van der Waals surface area contributed by atoms with Crippen LogP contribution in [0.15, 0.2) is 0 Å². The Morgan fingerprint density at radius 1 is 1.50 bits per heavy atom. The van der Waals surface area contributed by atoms with E-state index in [1.807, 2.05) is 0 Å². The summed E-state index contributed by atoms with van der Waals surface area (Å²) in [4.78, 5) is 0. The number of nitrogens with zero attached hydrogens (tertiary/aromatic N) is 3. The molecule has 8 heavy (non-hydrogen) atoms. The van der Waals surface area contributed by atoms with Gasteiger partial charge in [0.2, 0.25) is 0 Å². The third-order valence-corrected chi connectivity index (χ3v) is 1.98. The summed E-state index contributed by atoms with van der Waals surface area (Å²) >= 11 is 0. The van der Waals surface area contributed by atoms with Gasteiger partial charge in [0.25, 0.3) is 0 Å². The first kappa shape index (κ1) is 6.69. The van der Waals surface area contributed by atoms with Gasteiger partial charge < -0.3 is 4.51 Å². The molecule has 0 rings (SSSR count). The molecular formula is C4H3N3Si. The summed E-state index contributed by atoms with van der Waals surface area (Å²) in [5.41, 5.74) is 3.40. The van der Waals surface area contributed by atoms with Crippen molar-refractivity contribution in [1.29, 1.82) is 10.5 Å². The maximum absolute atomic E-state index is 8.16. The zero-order valence-electron chi connectivity index (χ0n) is 4.34. The minimum absolute atomic E-state index is 1.42. The molecule has 0 aromatic rings. The van der Waals surface area contributed by atoms with E-state index in [0.717, 1.165) is 0 Å². The fraction of sp³-hybridized carbons (Fsp3) is 0.250. The van der Waals surface area contributed by atoms with Crippen molar-refractivity contribution in [3.05, 3.63) is 11.1 Å². The van der Waals surface area contributed by atoms with E-state index in [9.17, 15) is 0 Å². The predicted octanol–water partition coefficient (Wildman–Crippen LogP) is 0.607. The van der Waals surface area contributed by atoms with Crippen molar-refractivity contribution in [3.63, 3.8) is 0 Å². The Balaban J connectivity index is 4.42. The Morgan fingerprint density at radius 3 is 1.88 bits per heavy atom. The summed E-state index contributed by atoms with van der Waals surface area (Å²) in [5.74, 6) is 0. The Morgan fingerprint density at radius 2 is 1.88 bits per heavy atom. The van der Waals surface area contributed by atoms with Crippen LogP contribution in [0.2, 0.25) is 6.55 Å². The van der Waals surface area contributed by atoms with Crippen LogP contribution in [0.5, 0.6) is 0 Å². The fourth-order valence-corrected chi connectivity index (χ4v) is 0.225. The molecule has 0 bridgehead atoms. The van der Waals surface area contributed by atoms with Crippen molar-refractivity contribution in [3.8, 4) is 11.4 Å². The third-order valence-electron chi connectivity index (χ3n) is 0.659. The van der Waals surface area contributed by atoms with Gasteiger partial charge in [0.1, 0.15) is 11.4 Å². The molecule has 0 aliphatic rings. The van der Waals surface area contributed by atoms with Gasteiger partial charge in [-0.05, 0) is 0 Å². The largest absolute Gasteiger partial charge is 0.655 e. The number of nitriles is 2. The zero-order valence-corrected chi connectivity index (χ0v) is 5.34. The highest BCUT2D eigenvalue weighted by Crippen LogP contribution is 1.97. The van der Waals surface area contributed by atoms with E-state index in [0.29, 0.717) is 0 Å². The molecule has 0 unspecified atom stereocenters. The molecule has 0 N–H and O–H groups in total. The molecule has 0 saturated heterocycles. The van der Waals surface area contributed by atoms with Crippen molar-refractivity contribution in [2.24, 2.45) is 0 Å². The van der Waals surface area contributed by atoms with Crippen molar-refractivity contribution in [1.82, 2.24) is 0 Å². The molecule has 0 radical (unpaired) electrons. The van der Waals surface area contributed by atoms with Gasteiger partial charge in [-0.2, -0.15) is 10.5 Å². The van der Waals surface area contributed by atoms with E-state index < -0.39 is 8.24 Å². The lowest BCUT2D eigenvalue weighted by atomic mass is 11.7. The van der Waals surface area contributed by atoms with Crippen LogP contribution in [0.1, 0.15) is 0 Å². The lowest BCUT2D eigenvalue weighted by Crippen LogP contribution is -2.20. The Hall–Kier alpha value is -1.31. The number of rotatable bonds is 0. The van der Waals surface area contributed by atoms with E-state index >= 15 is 0 Å². The Labute approximate surface area is 48.7 Å². The summed E-state index contributed by atoms with van der Waals surface area (Å²) in [6, 6.07) is 0. The standard InChI is InChI=1S/C4H3N3Si/c1-7-8(2,3-5)4-6/h2H3. The lowest BCUT2D eigenvalue weighted by Gasteiger charge is -1.83. The van der Waals surface area contributed by atoms with E-state index in [2.05, 4.69) is 4.51 Å². The molecule has 0 aliphatic heterocycles. The van der Waals surface area contributed by atoms with Gasteiger partial charge in [-0.15, -0.1) is 0 Å². The topological polar surface area (TPSA) is 51.9 Å². The van der Waals surface area contributed by atoms with Gasteiger partial charge >= 0.3 is 8.24 Å². The summed E-state index contributed by atoms with van der Waals surface area (Å²) in [6.07, 6.45) is 0. The number of hydrogen-bond acceptors (Lipinski definition) is 2. The number of hydrogen-bond donors (Lipinski definition) is 0. The van der Waals surface area contributed by atoms with Gasteiger partial charge in [0, 0.05) is 6.55 Å². The minimum Gasteiger partial charge on any atom is -0.387 e. The summed E-state index contributed by atoms with van der Waals surface area (Å²) in [6.45, 7) is 7.82. The maximum Gasteiger partial charge on any atom is 0.655 e. The monoisotopic (exact) mass is 121 g/mol. The SMILES string of the molecule is [C-]#[N+][Si](C)(C#N)C#N. The molecule has 0 heterocycles. The van der Waals surface area contributed by atoms with Crippen LogP contribution in [0.25, 0.3) is 4.51 Å². The minimum atomic E-state index is -2.77. The first-order valence-corrected chi connectivity index (χ1v) is 4.34. The lowest BCUT2D eigenvalue weighted by molar-refractivity contribution is 1.52. The van der Waals surface area contributed by atoms with Crippen molar-refractivity contribution in [2.45, 2.75) is 6.55 Å². The summed E-state index contributed by atoms with van der Waals surface area (Å²) < 4.78 is 2.92. The Bertz CT molecular complexity index is 165. The molecule has 0 aromatic carbocycles. The second-order valence-corrected chi connectivity index (χ2v) is 4.22.